The number of nitrogens with one attached hydrogen (secondary N) is 1. The minimum Gasteiger partial charge on any atom is -0.319 e. The smallest absolute Gasteiger partial charge is 0.0210 e. The molecule has 1 nitrogen and oxygen atoms in total. The summed E-state index contributed by atoms with van der Waals surface area (Å²) >= 11 is 3.69. The van der Waals surface area contributed by atoms with E-state index in [9.17, 15) is 0 Å². The van der Waals surface area contributed by atoms with E-state index in [-0.39, 0.29) is 0 Å². The molecule has 2 rings (SSSR count). The van der Waals surface area contributed by atoms with Gasteiger partial charge >= 0.3 is 0 Å². The number of hydrogen-bond acceptors (Lipinski definition) is 1. The van der Waals surface area contributed by atoms with Crippen LogP contribution in [0.2, 0.25) is 0 Å². The van der Waals surface area contributed by atoms with Gasteiger partial charge in [0.15, 0.2) is 0 Å². The molecule has 1 aliphatic carbocycles. The van der Waals surface area contributed by atoms with Gasteiger partial charge in [0.05, 0.1) is 0 Å². The van der Waals surface area contributed by atoms with Crippen molar-refractivity contribution in [3.8, 4) is 0 Å². The molecule has 0 radical (unpaired) electrons. The molecule has 88 valence electrons. The van der Waals surface area contributed by atoms with E-state index in [0.717, 1.165) is 12.5 Å². The molecule has 0 aromatic heterocycles. The molecule has 0 aliphatic heterocycles. The van der Waals surface area contributed by atoms with Crippen molar-refractivity contribution in [3.63, 3.8) is 0 Å². The van der Waals surface area contributed by atoms with E-state index in [4.69, 9.17) is 0 Å². The lowest BCUT2D eigenvalue weighted by molar-refractivity contribution is 0.420. The standard InChI is InChI=1S/C14H20BrN/c1-16-10-13(11-6-2-3-7-11)12-8-4-5-9-14(12)15/h4-5,8-9,11,13,16H,2-3,6-7,10H2,1H3. The summed E-state index contributed by atoms with van der Waals surface area (Å²) in [5.74, 6) is 1.54. The Labute approximate surface area is 107 Å². The van der Waals surface area contributed by atoms with Crippen LogP contribution in [0.4, 0.5) is 0 Å². The number of likely N-dealkylation sites (N-methyl/N-ethyl adjacent to an activating group) is 1. The maximum atomic E-state index is 3.69. The summed E-state index contributed by atoms with van der Waals surface area (Å²) in [4.78, 5) is 0. The van der Waals surface area contributed by atoms with E-state index in [0.29, 0.717) is 5.92 Å². The summed E-state index contributed by atoms with van der Waals surface area (Å²) in [7, 11) is 2.05. The minimum absolute atomic E-state index is 0.670. The highest BCUT2D eigenvalue weighted by atomic mass is 79.9. The Morgan fingerprint density at radius 3 is 2.62 bits per heavy atom. The van der Waals surface area contributed by atoms with E-state index in [1.54, 1.807) is 0 Å². The Morgan fingerprint density at radius 1 is 1.31 bits per heavy atom. The maximum Gasteiger partial charge on any atom is 0.0210 e. The quantitative estimate of drug-likeness (QED) is 0.882. The molecule has 1 unspecified atom stereocenters. The normalized spacial score (nSPS) is 18.9. The van der Waals surface area contributed by atoms with Gasteiger partial charge in [-0.3, -0.25) is 0 Å². The molecular weight excluding hydrogens is 262 g/mol. The van der Waals surface area contributed by atoms with Crippen molar-refractivity contribution in [1.82, 2.24) is 5.32 Å². The fourth-order valence-corrected chi connectivity index (χ4v) is 3.46. The zero-order chi connectivity index (χ0) is 11.4. The van der Waals surface area contributed by atoms with Gasteiger partial charge in [-0.25, -0.2) is 0 Å². The summed E-state index contributed by atoms with van der Waals surface area (Å²) in [5, 5.41) is 3.35. The number of rotatable bonds is 4. The Balaban J connectivity index is 2.21. The first kappa shape index (κ1) is 12.1. The molecule has 0 spiro atoms. The van der Waals surface area contributed by atoms with Gasteiger partial charge in [-0.05, 0) is 37.4 Å². The second kappa shape index (κ2) is 5.83. The second-order valence-corrected chi connectivity index (χ2v) is 5.58. The van der Waals surface area contributed by atoms with Crippen LogP contribution in [-0.2, 0) is 0 Å². The lowest BCUT2D eigenvalue weighted by Crippen LogP contribution is -2.23. The van der Waals surface area contributed by atoms with Crippen LogP contribution in [0.25, 0.3) is 0 Å². The lowest BCUT2D eigenvalue weighted by Gasteiger charge is -2.24. The van der Waals surface area contributed by atoms with E-state index >= 15 is 0 Å². The highest BCUT2D eigenvalue weighted by Gasteiger charge is 2.26. The Morgan fingerprint density at radius 2 is 2.00 bits per heavy atom. The topological polar surface area (TPSA) is 12.0 Å². The maximum absolute atomic E-state index is 3.69. The van der Waals surface area contributed by atoms with Crippen LogP contribution in [0, 0.1) is 5.92 Å². The van der Waals surface area contributed by atoms with Crippen LogP contribution in [-0.4, -0.2) is 13.6 Å². The summed E-state index contributed by atoms with van der Waals surface area (Å²) in [5.41, 5.74) is 1.48. The fraction of sp³-hybridized carbons (Fsp3) is 0.571. The average Bonchev–Trinajstić information content (AvgIpc) is 2.80. The van der Waals surface area contributed by atoms with Gasteiger partial charge in [0.2, 0.25) is 0 Å². The molecule has 1 saturated carbocycles. The molecule has 1 atom stereocenters. The highest BCUT2D eigenvalue weighted by Crippen LogP contribution is 2.39. The van der Waals surface area contributed by atoms with Crippen molar-refractivity contribution in [2.24, 2.45) is 5.92 Å². The van der Waals surface area contributed by atoms with Crippen LogP contribution in [0.5, 0.6) is 0 Å². The first-order valence-corrected chi connectivity index (χ1v) is 7.01. The van der Waals surface area contributed by atoms with Gasteiger partial charge in [0, 0.05) is 16.9 Å². The Hall–Kier alpha value is -0.340. The molecule has 1 N–H and O–H groups in total. The number of hydrogen-bond donors (Lipinski definition) is 1. The first-order chi connectivity index (χ1) is 7.83. The van der Waals surface area contributed by atoms with Crippen LogP contribution >= 0.6 is 15.9 Å². The van der Waals surface area contributed by atoms with Gasteiger partial charge in [-0.2, -0.15) is 0 Å². The number of halogens is 1. The third-order valence-corrected chi connectivity index (χ3v) is 4.42. The van der Waals surface area contributed by atoms with E-state index in [2.05, 4.69) is 52.6 Å². The molecule has 1 fully saturated rings. The average molecular weight is 282 g/mol. The first-order valence-electron chi connectivity index (χ1n) is 6.22. The third kappa shape index (κ3) is 2.67. The van der Waals surface area contributed by atoms with E-state index in [1.165, 1.54) is 35.7 Å². The van der Waals surface area contributed by atoms with Crippen LogP contribution in [0.15, 0.2) is 28.7 Å². The summed E-state index contributed by atoms with van der Waals surface area (Å²) in [6, 6.07) is 8.67. The summed E-state index contributed by atoms with van der Waals surface area (Å²) in [6.07, 6.45) is 5.62. The largest absolute Gasteiger partial charge is 0.319 e. The monoisotopic (exact) mass is 281 g/mol. The third-order valence-electron chi connectivity index (χ3n) is 3.70. The van der Waals surface area contributed by atoms with Crippen molar-refractivity contribution in [1.29, 1.82) is 0 Å². The molecule has 1 aliphatic rings. The van der Waals surface area contributed by atoms with Gasteiger partial charge in [-0.15, -0.1) is 0 Å². The fourth-order valence-electron chi connectivity index (χ4n) is 2.89. The molecular formula is C14H20BrN. The van der Waals surface area contributed by atoms with Crippen molar-refractivity contribution in [2.75, 3.05) is 13.6 Å². The molecule has 16 heavy (non-hydrogen) atoms. The van der Waals surface area contributed by atoms with Crippen molar-refractivity contribution < 1.29 is 0 Å². The minimum atomic E-state index is 0.670. The van der Waals surface area contributed by atoms with Crippen molar-refractivity contribution >= 4 is 15.9 Å². The van der Waals surface area contributed by atoms with Crippen molar-refractivity contribution in [3.05, 3.63) is 34.3 Å². The van der Waals surface area contributed by atoms with Crippen LogP contribution < -0.4 is 5.32 Å². The zero-order valence-corrected chi connectivity index (χ0v) is 11.5. The molecule has 0 heterocycles. The van der Waals surface area contributed by atoms with Crippen LogP contribution in [0.1, 0.15) is 37.2 Å². The molecule has 1 aromatic rings. The highest BCUT2D eigenvalue weighted by molar-refractivity contribution is 9.10. The van der Waals surface area contributed by atoms with Gasteiger partial charge < -0.3 is 5.32 Å². The van der Waals surface area contributed by atoms with Crippen LogP contribution in [0.3, 0.4) is 0 Å². The molecule has 0 bridgehead atoms. The lowest BCUT2D eigenvalue weighted by atomic mass is 9.85. The summed E-state index contributed by atoms with van der Waals surface area (Å²) in [6.45, 7) is 1.09. The Kier molecular flexibility index (Phi) is 4.42. The summed E-state index contributed by atoms with van der Waals surface area (Å²) < 4.78 is 1.27. The molecule has 2 heteroatoms. The number of benzene rings is 1. The molecule has 0 saturated heterocycles. The molecule has 0 amide bonds. The van der Waals surface area contributed by atoms with Gasteiger partial charge in [0.1, 0.15) is 0 Å². The molecule has 1 aromatic carbocycles. The predicted octanol–water partition coefficient (Wildman–Crippen LogP) is 3.94. The zero-order valence-electron chi connectivity index (χ0n) is 9.88. The Bertz CT molecular complexity index is 331. The van der Waals surface area contributed by atoms with Gasteiger partial charge in [-0.1, -0.05) is 47.0 Å². The SMILES string of the molecule is CNCC(c1ccccc1Br)C1CCCC1. The predicted molar refractivity (Wildman–Crippen MR) is 72.8 cm³/mol. The van der Waals surface area contributed by atoms with E-state index < -0.39 is 0 Å². The van der Waals surface area contributed by atoms with E-state index in [1.807, 2.05) is 0 Å². The second-order valence-electron chi connectivity index (χ2n) is 4.73. The van der Waals surface area contributed by atoms with Crippen molar-refractivity contribution in [2.45, 2.75) is 31.6 Å². The van der Waals surface area contributed by atoms with Gasteiger partial charge in [0.25, 0.3) is 0 Å².